The number of para-hydroxylation sites is 1. The van der Waals surface area contributed by atoms with Gasteiger partial charge in [-0.05, 0) is 55.8 Å². The van der Waals surface area contributed by atoms with Gasteiger partial charge in [-0.15, -0.1) is 0 Å². The van der Waals surface area contributed by atoms with Crippen LogP contribution in [0.3, 0.4) is 0 Å². The van der Waals surface area contributed by atoms with Gasteiger partial charge in [-0.3, -0.25) is 4.98 Å². The molecule has 2 aromatic heterocycles. The van der Waals surface area contributed by atoms with Gasteiger partial charge in [0.1, 0.15) is 17.0 Å². The number of benzene rings is 2. The van der Waals surface area contributed by atoms with Gasteiger partial charge in [-0.1, -0.05) is 19.1 Å². The van der Waals surface area contributed by atoms with Gasteiger partial charge in [0.15, 0.2) is 17.4 Å². The van der Waals surface area contributed by atoms with Crippen molar-refractivity contribution in [2.45, 2.75) is 31.5 Å². The number of piperidine rings is 1. The maximum atomic E-state index is 15.9. The van der Waals surface area contributed by atoms with Crippen molar-refractivity contribution < 1.29 is 31.4 Å². The third kappa shape index (κ3) is 6.70. The molecule has 2 aromatic carbocycles. The molecular formula is C33H31F5N6O2. The number of nitrogens with zero attached hydrogens (tertiary/aromatic N) is 6. The fraction of sp³-hybridized carbons (Fsp3) is 0.333. The van der Waals surface area contributed by atoms with Crippen molar-refractivity contribution in [1.29, 1.82) is 0 Å². The van der Waals surface area contributed by atoms with E-state index in [2.05, 4.69) is 32.0 Å². The largest absolute Gasteiger partial charge is 0.454 e. The molecule has 1 spiro atoms. The molecule has 2 saturated heterocycles. The number of hydrogen-bond donors (Lipinski definition) is 0. The number of ether oxygens (including phenoxy) is 2. The summed E-state index contributed by atoms with van der Waals surface area (Å²) in [6.45, 7) is 4.88. The lowest BCUT2D eigenvalue weighted by Gasteiger charge is -2.48. The van der Waals surface area contributed by atoms with E-state index in [0.717, 1.165) is 37.8 Å². The standard InChI is InChI=1S/C33H31F5N6O2/c1-2-43-13-10-32(11-14-43)21-44(15-16-45-32)31-22(17-25(35)27-20-39-19-26(42-27)23-9-12-40-41-18-23)7-8-29(30(31)33(36,37)38)46-28-6-4-3-5-24(28)34/h3-9,12,17-20H,2,10-11,13-16,21H2,1H3/b25-17-. The van der Waals surface area contributed by atoms with Crippen LogP contribution in [0.1, 0.15) is 36.6 Å². The molecule has 4 heterocycles. The predicted molar refractivity (Wildman–Crippen MR) is 162 cm³/mol. The van der Waals surface area contributed by atoms with Crippen LogP contribution in [-0.2, 0) is 10.9 Å². The van der Waals surface area contributed by atoms with Crippen molar-refractivity contribution in [3.63, 3.8) is 0 Å². The molecule has 2 fully saturated rings. The van der Waals surface area contributed by atoms with Crippen LogP contribution in [0.2, 0.25) is 0 Å². The monoisotopic (exact) mass is 638 g/mol. The number of aromatic nitrogens is 4. The van der Waals surface area contributed by atoms with Crippen LogP contribution in [0.15, 0.2) is 67.3 Å². The lowest BCUT2D eigenvalue weighted by Crippen LogP contribution is -2.57. The molecule has 0 N–H and O–H groups in total. The number of alkyl halides is 3. The van der Waals surface area contributed by atoms with Crippen molar-refractivity contribution in [1.82, 2.24) is 25.1 Å². The molecule has 0 bridgehead atoms. The zero-order valence-electron chi connectivity index (χ0n) is 25.0. The predicted octanol–water partition coefficient (Wildman–Crippen LogP) is 7.04. The first-order valence-corrected chi connectivity index (χ1v) is 14.9. The summed E-state index contributed by atoms with van der Waals surface area (Å²) in [5.74, 6) is -2.68. The van der Waals surface area contributed by atoms with Gasteiger partial charge in [-0.2, -0.15) is 23.4 Å². The second-order valence-electron chi connectivity index (χ2n) is 11.2. The smallest absolute Gasteiger partial charge is 0.422 e. The minimum atomic E-state index is -4.94. The summed E-state index contributed by atoms with van der Waals surface area (Å²) in [5, 5.41) is 7.52. The van der Waals surface area contributed by atoms with Gasteiger partial charge < -0.3 is 19.3 Å². The van der Waals surface area contributed by atoms with Gasteiger partial charge in [-0.25, -0.2) is 13.8 Å². The highest BCUT2D eigenvalue weighted by atomic mass is 19.4. The van der Waals surface area contributed by atoms with Crippen LogP contribution < -0.4 is 9.64 Å². The Morgan fingerprint density at radius 1 is 1.00 bits per heavy atom. The number of likely N-dealkylation sites (tertiary alicyclic amines) is 1. The average Bonchev–Trinajstić information content (AvgIpc) is 3.06. The molecule has 8 nitrogen and oxygen atoms in total. The molecular weight excluding hydrogens is 607 g/mol. The Bertz CT molecular complexity index is 1710. The van der Waals surface area contributed by atoms with Crippen LogP contribution in [0.4, 0.5) is 27.6 Å². The number of halogens is 5. The highest BCUT2D eigenvalue weighted by molar-refractivity contribution is 5.84. The Labute approximate surface area is 262 Å². The maximum absolute atomic E-state index is 15.9. The van der Waals surface area contributed by atoms with Gasteiger partial charge >= 0.3 is 6.18 Å². The SMILES string of the molecule is CCN1CCC2(CC1)CN(c1c(/C=C(\F)c3cncc(-c4ccnnc4)n3)ccc(Oc3ccccc3F)c1C(F)(F)F)CCO2. The van der Waals surface area contributed by atoms with E-state index < -0.39 is 34.7 Å². The summed E-state index contributed by atoms with van der Waals surface area (Å²) >= 11 is 0. The third-order valence-corrected chi connectivity index (χ3v) is 8.33. The highest BCUT2D eigenvalue weighted by Crippen LogP contribution is 2.48. The minimum absolute atomic E-state index is 0.0495. The lowest BCUT2D eigenvalue weighted by molar-refractivity contribution is -0.138. The van der Waals surface area contributed by atoms with E-state index in [1.54, 1.807) is 11.0 Å². The van der Waals surface area contributed by atoms with E-state index >= 15 is 17.6 Å². The number of rotatable bonds is 7. The third-order valence-electron chi connectivity index (χ3n) is 8.33. The van der Waals surface area contributed by atoms with E-state index in [1.807, 2.05) is 0 Å². The molecule has 4 aromatic rings. The Hall–Kier alpha value is -4.49. The second kappa shape index (κ2) is 13.1. The zero-order valence-corrected chi connectivity index (χ0v) is 25.0. The van der Waals surface area contributed by atoms with Crippen LogP contribution >= 0.6 is 0 Å². The van der Waals surface area contributed by atoms with E-state index in [1.165, 1.54) is 49.1 Å². The molecule has 46 heavy (non-hydrogen) atoms. The zero-order chi connectivity index (χ0) is 32.3. The van der Waals surface area contributed by atoms with Crippen molar-refractivity contribution in [2.75, 3.05) is 44.2 Å². The molecule has 0 aliphatic carbocycles. The Morgan fingerprint density at radius 2 is 1.80 bits per heavy atom. The summed E-state index contributed by atoms with van der Waals surface area (Å²) in [4.78, 5) is 12.2. The second-order valence-corrected chi connectivity index (χ2v) is 11.2. The summed E-state index contributed by atoms with van der Waals surface area (Å²) in [6, 6.07) is 9.27. The quantitative estimate of drug-likeness (QED) is 0.200. The van der Waals surface area contributed by atoms with Gasteiger partial charge in [0, 0.05) is 37.3 Å². The summed E-state index contributed by atoms with van der Waals surface area (Å²) < 4.78 is 87.5. The Kier molecular flexibility index (Phi) is 8.96. The Morgan fingerprint density at radius 3 is 2.52 bits per heavy atom. The molecule has 2 aliphatic heterocycles. The molecule has 0 unspecified atom stereocenters. The topological polar surface area (TPSA) is 76.5 Å². The molecule has 0 saturated carbocycles. The Balaban J connectivity index is 1.46. The van der Waals surface area contributed by atoms with E-state index in [0.29, 0.717) is 24.1 Å². The molecule has 6 rings (SSSR count). The van der Waals surface area contributed by atoms with E-state index in [9.17, 15) is 4.39 Å². The molecule has 240 valence electrons. The van der Waals surface area contributed by atoms with E-state index in [4.69, 9.17) is 9.47 Å². The number of anilines is 1. The molecule has 0 atom stereocenters. The molecule has 0 radical (unpaired) electrons. The normalized spacial score (nSPS) is 17.3. The van der Waals surface area contributed by atoms with Crippen molar-refractivity contribution in [2.24, 2.45) is 0 Å². The van der Waals surface area contributed by atoms with Crippen LogP contribution in [0.25, 0.3) is 23.2 Å². The van der Waals surface area contributed by atoms with Gasteiger partial charge in [0.25, 0.3) is 0 Å². The molecule has 13 heteroatoms. The van der Waals surface area contributed by atoms with Crippen molar-refractivity contribution in [3.8, 4) is 22.8 Å². The minimum Gasteiger partial charge on any atom is -0.454 e. The van der Waals surface area contributed by atoms with Crippen molar-refractivity contribution >= 4 is 17.6 Å². The van der Waals surface area contributed by atoms with Crippen LogP contribution in [0.5, 0.6) is 11.5 Å². The summed E-state index contributed by atoms with van der Waals surface area (Å²) in [7, 11) is 0. The molecule has 0 amide bonds. The maximum Gasteiger partial charge on any atom is 0.422 e. The fourth-order valence-electron chi connectivity index (χ4n) is 5.94. The molecule has 2 aliphatic rings. The van der Waals surface area contributed by atoms with Crippen molar-refractivity contribution in [3.05, 3.63) is 89.9 Å². The van der Waals surface area contributed by atoms with E-state index in [-0.39, 0.29) is 42.4 Å². The summed E-state index contributed by atoms with van der Waals surface area (Å²) in [5.41, 5.74) is -1.46. The van der Waals surface area contributed by atoms with Crippen LogP contribution in [-0.4, -0.2) is 70.0 Å². The number of morpholine rings is 1. The lowest BCUT2D eigenvalue weighted by atomic mass is 9.88. The fourth-order valence-corrected chi connectivity index (χ4v) is 5.94. The first kappa shape index (κ1) is 31.5. The number of hydrogen-bond acceptors (Lipinski definition) is 8. The van der Waals surface area contributed by atoms with Gasteiger partial charge in [0.05, 0.1) is 48.4 Å². The highest BCUT2D eigenvalue weighted by Gasteiger charge is 2.44. The van der Waals surface area contributed by atoms with Crippen LogP contribution in [0, 0.1) is 5.82 Å². The summed E-state index contributed by atoms with van der Waals surface area (Å²) in [6.07, 6.45) is 2.84. The first-order valence-electron chi connectivity index (χ1n) is 14.9. The van der Waals surface area contributed by atoms with Gasteiger partial charge in [0.2, 0.25) is 0 Å². The average molecular weight is 639 g/mol. The first-order chi connectivity index (χ1) is 22.2.